The highest BCUT2D eigenvalue weighted by Gasteiger charge is 2.06. The summed E-state index contributed by atoms with van der Waals surface area (Å²) in [6, 6.07) is 32.6. The summed E-state index contributed by atoms with van der Waals surface area (Å²) in [6.45, 7) is 0. The van der Waals surface area contributed by atoms with E-state index >= 15 is 0 Å². The summed E-state index contributed by atoms with van der Waals surface area (Å²) in [5, 5.41) is 20.4. The van der Waals surface area contributed by atoms with Crippen molar-refractivity contribution in [2.45, 2.75) is 0 Å². The molecule has 0 N–H and O–H groups in total. The minimum Gasteiger partial charge on any atom is -0.192 e. The molecule has 33 heavy (non-hydrogen) atoms. The van der Waals surface area contributed by atoms with Gasteiger partial charge < -0.3 is 0 Å². The van der Waals surface area contributed by atoms with Gasteiger partial charge in [-0.3, -0.25) is 0 Å². The van der Waals surface area contributed by atoms with Crippen LogP contribution in [0.2, 0.25) is 0 Å². The van der Waals surface area contributed by atoms with Gasteiger partial charge in [-0.15, -0.1) is 11.3 Å². The fourth-order valence-electron chi connectivity index (χ4n) is 3.74. The van der Waals surface area contributed by atoms with E-state index in [2.05, 4.69) is 72.8 Å². The molecule has 0 spiro atoms. The molecule has 5 rings (SSSR count). The van der Waals surface area contributed by atoms with Crippen molar-refractivity contribution in [1.29, 1.82) is 10.5 Å². The molecule has 0 bridgehead atoms. The van der Waals surface area contributed by atoms with Crippen LogP contribution in [0.5, 0.6) is 0 Å². The smallest absolute Gasteiger partial charge is 0.0991 e. The van der Waals surface area contributed by atoms with Gasteiger partial charge in [0.25, 0.3) is 0 Å². The minimum atomic E-state index is 0.671. The Labute approximate surface area is 196 Å². The van der Waals surface area contributed by atoms with Crippen LogP contribution in [-0.4, -0.2) is 0 Å². The van der Waals surface area contributed by atoms with E-state index in [0.717, 1.165) is 22.3 Å². The van der Waals surface area contributed by atoms with E-state index in [1.807, 2.05) is 48.5 Å². The lowest BCUT2D eigenvalue weighted by Gasteiger charge is -1.98. The lowest BCUT2D eigenvalue weighted by atomic mass is 10.1. The Balaban J connectivity index is 1.40. The van der Waals surface area contributed by atoms with E-state index in [4.69, 9.17) is 10.5 Å². The molecule has 0 fully saturated rings. The normalized spacial score (nSPS) is 11.3. The van der Waals surface area contributed by atoms with E-state index in [1.165, 1.54) is 20.2 Å². The van der Waals surface area contributed by atoms with Crippen LogP contribution in [0.25, 0.3) is 44.5 Å². The van der Waals surface area contributed by atoms with Crippen LogP contribution in [0.4, 0.5) is 0 Å². The number of thiophene rings is 1. The van der Waals surface area contributed by atoms with E-state index in [9.17, 15) is 0 Å². The van der Waals surface area contributed by atoms with E-state index < -0.39 is 0 Å². The predicted molar refractivity (Wildman–Crippen MR) is 140 cm³/mol. The van der Waals surface area contributed by atoms with Crippen molar-refractivity contribution in [2.75, 3.05) is 0 Å². The Morgan fingerprint density at radius 2 is 0.848 bits per heavy atom. The SMILES string of the molecule is N#Cc1ccc(/C=C/c2ccc3c(c2)sc2cc(/C=C/c4ccc(C#N)cc4)ccc23)cc1. The molecule has 0 radical (unpaired) electrons. The molecule has 2 nitrogen and oxygen atoms in total. The average molecular weight is 439 g/mol. The second-order valence-electron chi connectivity index (χ2n) is 7.75. The Kier molecular flexibility index (Phi) is 5.56. The topological polar surface area (TPSA) is 47.6 Å². The highest BCUT2D eigenvalue weighted by molar-refractivity contribution is 7.25. The standard InChI is InChI=1S/C30H18N2S/c31-19-25-9-3-21(4-10-25)1-7-23-13-15-27-28-16-14-24(18-30(28)33-29(27)17-23)8-2-22-5-11-26(20-32)12-6-22/h1-18H/b7-1+,8-2+. The number of fused-ring (bicyclic) bond motifs is 3. The first kappa shape index (κ1) is 20.5. The zero-order valence-corrected chi connectivity index (χ0v) is 18.5. The molecular formula is C30H18N2S. The summed E-state index contributed by atoms with van der Waals surface area (Å²) in [5.74, 6) is 0. The molecule has 1 aromatic heterocycles. The summed E-state index contributed by atoms with van der Waals surface area (Å²) in [4.78, 5) is 0. The molecule has 0 aliphatic carbocycles. The maximum atomic E-state index is 8.93. The number of hydrogen-bond donors (Lipinski definition) is 0. The van der Waals surface area contributed by atoms with Gasteiger partial charge in [0, 0.05) is 20.2 Å². The molecule has 0 unspecified atom stereocenters. The first-order valence-corrected chi connectivity index (χ1v) is 11.4. The Bertz CT molecular complexity index is 1480. The summed E-state index contributed by atoms with van der Waals surface area (Å²) in [5.41, 5.74) is 5.79. The molecule has 1 heterocycles. The van der Waals surface area contributed by atoms with Crippen LogP contribution in [0.3, 0.4) is 0 Å². The first-order chi connectivity index (χ1) is 16.2. The quantitative estimate of drug-likeness (QED) is 0.266. The van der Waals surface area contributed by atoms with Crippen LogP contribution in [0.15, 0.2) is 84.9 Å². The van der Waals surface area contributed by atoms with Gasteiger partial charge in [-0.2, -0.15) is 10.5 Å². The molecule has 154 valence electrons. The average Bonchev–Trinajstić information content (AvgIpc) is 3.23. The number of nitriles is 2. The molecule has 0 amide bonds. The molecule has 4 aromatic carbocycles. The zero-order valence-electron chi connectivity index (χ0n) is 17.7. The summed E-state index contributed by atoms with van der Waals surface area (Å²) >= 11 is 1.80. The van der Waals surface area contributed by atoms with Gasteiger partial charge in [-0.05, 0) is 58.7 Å². The maximum absolute atomic E-state index is 8.93. The van der Waals surface area contributed by atoms with Crippen molar-refractivity contribution < 1.29 is 0 Å². The van der Waals surface area contributed by atoms with Gasteiger partial charge in [0.1, 0.15) is 0 Å². The molecule has 0 aliphatic rings. The fourth-order valence-corrected chi connectivity index (χ4v) is 4.94. The van der Waals surface area contributed by atoms with Crippen molar-refractivity contribution in [3.8, 4) is 12.1 Å². The van der Waals surface area contributed by atoms with Crippen LogP contribution >= 0.6 is 11.3 Å². The van der Waals surface area contributed by atoms with Crippen molar-refractivity contribution >= 4 is 55.8 Å². The minimum absolute atomic E-state index is 0.671. The molecule has 3 heteroatoms. The van der Waals surface area contributed by atoms with Crippen molar-refractivity contribution in [3.05, 3.63) is 118 Å². The van der Waals surface area contributed by atoms with Crippen LogP contribution in [0.1, 0.15) is 33.4 Å². The summed E-state index contributed by atoms with van der Waals surface area (Å²) in [7, 11) is 0. The zero-order chi connectivity index (χ0) is 22.6. The third-order valence-corrected chi connectivity index (χ3v) is 6.65. The van der Waals surface area contributed by atoms with E-state index in [0.29, 0.717) is 11.1 Å². The Morgan fingerprint density at radius 1 is 0.485 bits per heavy atom. The van der Waals surface area contributed by atoms with Crippen molar-refractivity contribution in [3.63, 3.8) is 0 Å². The van der Waals surface area contributed by atoms with Gasteiger partial charge in [-0.1, -0.05) is 72.8 Å². The van der Waals surface area contributed by atoms with Crippen LogP contribution < -0.4 is 0 Å². The van der Waals surface area contributed by atoms with Crippen molar-refractivity contribution in [1.82, 2.24) is 0 Å². The van der Waals surface area contributed by atoms with Crippen LogP contribution in [-0.2, 0) is 0 Å². The highest BCUT2D eigenvalue weighted by Crippen LogP contribution is 2.35. The predicted octanol–water partition coefficient (Wildman–Crippen LogP) is 8.14. The van der Waals surface area contributed by atoms with Crippen LogP contribution in [0, 0.1) is 22.7 Å². The van der Waals surface area contributed by atoms with E-state index in [1.54, 1.807) is 11.3 Å². The second-order valence-corrected chi connectivity index (χ2v) is 8.83. The fraction of sp³-hybridized carbons (Fsp3) is 0. The third-order valence-electron chi connectivity index (χ3n) is 5.54. The molecule has 0 aliphatic heterocycles. The molecule has 5 aromatic rings. The van der Waals surface area contributed by atoms with Gasteiger partial charge >= 0.3 is 0 Å². The van der Waals surface area contributed by atoms with Gasteiger partial charge in [0.2, 0.25) is 0 Å². The van der Waals surface area contributed by atoms with Gasteiger partial charge in [0.05, 0.1) is 23.3 Å². The molecular weight excluding hydrogens is 420 g/mol. The molecule has 0 saturated heterocycles. The largest absolute Gasteiger partial charge is 0.192 e. The third kappa shape index (κ3) is 4.46. The number of nitrogens with zero attached hydrogens (tertiary/aromatic N) is 2. The Hall–Kier alpha value is -4.44. The molecule has 0 saturated carbocycles. The summed E-state index contributed by atoms with van der Waals surface area (Å²) in [6.07, 6.45) is 8.36. The number of rotatable bonds is 4. The lowest BCUT2D eigenvalue weighted by molar-refractivity contribution is 1.48. The van der Waals surface area contributed by atoms with Crippen molar-refractivity contribution in [2.24, 2.45) is 0 Å². The van der Waals surface area contributed by atoms with Gasteiger partial charge in [-0.25, -0.2) is 0 Å². The number of hydrogen-bond acceptors (Lipinski definition) is 3. The summed E-state index contributed by atoms with van der Waals surface area (Å²) < 4.78 is 2.53. The highest BCUT2D eigenvalue weighted by atomic mass is 32.1. The molecule has 0 atom stereocenters. The monoisotopic (exact) mass is 438 g/mol. The second kappa shape index (κ2) is 8.97. The lowest BCUT2D eigenvalue weighted by Crippen LogP contribution is -1.76. The Morgan fingerprint density at radius 3 is 1.24 bits per heavy atom. The maximum Gasteiger partial charge on any atom is 0.0991 e. The first-order valence-electron chi connectivity index (χ1n) is 10.5. The number of benzene rings is 4. The van der Waals surface area contributed by atoms with E-state index in [-0.39, 0.29) is 0 Å². The van der Waals surface area contributed by atoms with Gasteiger partial charge in [0.15, 0.2) is 0 Å².